The van der Waals surface area contributed by atoms with Crippen LogP contribution in [-0.2, 0) is 14.3 Å². The van der Waals surface area contributed by atoms with Gasteiger partial charge in [-0.25, -0.2) is 9.80 Å². The highest BCUT2D eigenvalue weighted by Crippen LogP contribution is 2.52. The second-order valence-corrected chi connectivity index (χ2v) is 7.16. The molecule has 23 heavy (non-hydrogen) atoms. The molecular formula is C17H22N2O4. The number of fused-ring (bicyclic) bond motifs is 5. The van der Waals surface area contributed by atoms with Crippen LogP contribution in [0.1, 0.15) is 38.5 Å². The first-order valence-electron chi connectivity index (χ1n) is 8.58. The third-order valence-electron chi connectivity index (χ3n) is 5.83. The second kappa shape index (κ2) is 5.35. The minimum absolute atomic E-state index is 0.0937. The highest BCUT2D eigenvalue weighted by atomic mass is 16.6. The van der Waals surface area contributed by atoms with Crippen molar-refractivity contribution in [3.05, 3.63) is 12.2 Å². The molecular weight excluding hydrogens is 296 g/mol. The number of ether oxygens (including phenoxy) is 1. The molecule has 0 radical (unpaired) electrons. The fraction of sp³-hybridized carbons (Fsp3) is 0.706. The van der Waals surface area contributed by atoms with E-state index in [9.17, 15) is 14.4 Å². The molecule has 2 saturated carbocycles. The zero-order chi connectivity index (χ0) is 16.1. The topological polar surface area (TPSA) is 66.9 Å². The summed E-state index contributed by atoms with van der Waals surface area (Å²) in [6.07, 6.45) is 9.29. The molecule has 4 atom stereocenters. The summed E-state index contributed by atoms with van der Waals surface area (Å²) in [6, 6.07) is 0. The predicted octanol–water partition coefficient (Wildman–Crippen LogP) is 2.11. The molecule has 0 aromatic carbocycles. The van der Waals surface area contributed by atoms with Crippen LogP contribution in [0, 0.1) is 23.7 Å². The molecule has 3 aliphatic carbocycles. The van der Waals surface area contributed by atoms with Crippen LogP contribution in [0.2, 0.25) is 0 Å². The fourth-order valence-electron chi connectivity index (χ4n) is 4.67. The zero-order valence-electron chi connectivity index (χ0n) is 13.3. The van der Waals surface area contributed by atoms with E-state index in [-0.39, 0.29) is 41.6 Å². The number of amides is 3. The van der Waals surface area contributed by atoms with Crippen LogP contribution >= 0.6 is 0 Å². The third kappa shape index (κ3) is 2.18. The van der Waals surface area contributed by atoms with Crippen LogP contribution in [0.15, 0.2) is 12.2 Å². The second-order valence-electron chi connectivity index (χ2n) is 7.16. The summed E-state index contributed by atoms with van der Waals surface area (Å²) >= 11 is 0. The van der Waals surface area contributed by atoms with Gasteiger partial charge in [0.2, 0.25) is 0 Å². The molecule has 4 unspecified atom stereocenters. The molecule has 6 heteroatoms. The Kier molecular flexibility index (Phi) is 3.43. The monoisotopic (exact) mass is 318 g/mol. The minimum Gasteiger partial charge on any atom is -0.445 e. The minimum atomic E-state index is -0.598. The lowest BCUT2D eigenvalue weighted by atomic mass is 9.85. The molecule has 1 saturated heterocycles. The summed E-state index contributed by atoms with van der Waals surface area (Å²) in [5.41, 5.74) is 0. The third-order valence-corrected chi connectivity index (χ3v) is 5.83. The summed E-state index contributed by atoms with van der Waals surface area (Å²) in [5.74, 6) is -0.784. The van der Waals surface area contributed by atoms with Gasteiger partial charge >= 0.3 is 6.09 Å². The summed E-state index contributed by atoms with van der Waals surface area (Å²) in [5, 5.41) is 2.10. The maximum Gasteiger partial charge on any atom is 0.429 e. The molecule has 0 spiro atoms. The average molecular weight is 318 g/mol. The Balaban J connectivity index is 1.46. The number of hydrogen-bond acceptors (Lipinski definition) is 4. The summed E-state index contributed by atoms with van der Waals surface area (Å²) < 4.78 is 5.48. The first-order chi connectivity index (χ1) is 11.1. The van der Waals surface area contributed by atoms with Gasteiger partial charge in [-0.2, -0.15) is 5.01 Å². The van der Waals surface area contributed by atoms with Crippen LogP contribution in [0.4, 0.5) is 4.79 Å². The normalized spacial score (nSPS) is 35.8. The van der Waals surface area contributed by atoms with E-state index in [1.807, 2.05) is 12.2 Å². The lowest BCUT2D eigenvalue weighted by Crippen LogP contribution is -2.49. The summed E-state index contributed by atoms with van der Waals surface area (Å²) in [7, 11) is 1.46. The van der Waals surface area contributed by atoms with Crippen molar-refractivity contribution >= 4 is 17.9 Å². The highest BCUT2D eigenvalue weighted by Gasteiger charge is 2.60. The van der Waals surface area contributed by atoms with Crippen LogP contribution in [0.5, 0.6) is 0 Å². The lowest BCUT2D eigenvalue weighted by Gasteiger charge is -2.29. The van der Waals surface area contributed by atoms with Crippen molar-refractivity contribution in [1.29, 1.82) is 0 Å². The smallest absolute Gasteiger partial charge is 0.429 e. The van der Waals surface area contributed by atoms with Crippen molar-refractivity contribution in [3.8, 4) is 0 Å². The van der Waals surface area contributed by atoms with E-state index in [1.165, 1.54) is 13.5 Å². The fourth-order valence-corrected chi connectivity index (χ4v) is 4.67. The van der Waals surface area contributed by atoms with Gasteiger partial charge in [-0.05, 0) is 43.9 Å². The number of carbonyl (C=O) groups excluding carboxylic acids is 3. The SMILES string of the molecule is CN(C(=O)OC1CCCCC1)N1C(=O)C2C3C=CC(C3)C2C1=O. The molecule has 0 aromatic heterocycles. The van der Waals surface area contributed by atoms with Gasteiger partial charge < -0.3 is 4.74 Å². The van der Waals surface area contributed by atoms with Gasteiger partial charge in [-0.1, -0.05) is 18.6 Å². The van der Waals surface area contributed by atoms with Crippen molar-refractivity contribution in [1.82, 2.24) is 10.0 Å². The van der Waals surface area contributed by atoms with Gasteiger partial charge in [0.25, 0.3) is 11.8 Å². The van der Waals surface area contributed by atoms with Gasteiger partial charge in [0.15, 0.2) is 0 Å². The largest absolute Gasteiger partial charge is 0.445 e. The highest BCUT2D eigenvalue weighted by molar-refractivity contribution is 6.07. The number of imide groups is 1. The molecule has 1 heterocycles. The van der Waals surface area contributed by atoms with E-state index in [4.69, 9.17) is 4.74 Å². The van der Waals surface area contributed by atoms with Gasteiger partial charge in [-0.3, -0.25) is 9.59 Å². The summed E-state index contributed by atoms with van der Waals surface area (Å²) in [6.45, 7) is 0. The van der Waals surface area contributed by atoms with E-state index in [0.717, 1.165) is 42.1 Å². The zero-order valence-corrected chi connectivity index (χ0v) is 13.3. The van der Waals surface area contributed by atoms with Crippen molar-refractivity contribution in [3.63, 3.8) is 0 Å². The van der Waals surface area contributed by atoms with Crippen LogP contribution in [0.25, 0.3) is 0 Å². The Morgan fingerprint density at radius 2 is 1.65 bits per heavy atom. The first-order valence-corrected chi connectivity index (χ1v) is 8.58. The molecule has 6 nitrogen and oxygen atoms in total. The van der Waals surface area contributed by atoms with E-state index in [0.29, 0.717) is 0 Å². The molecule has 4 rings (SSSR count). The van der Waals surface area contributed by atoms with Crippen molar-refractivity contribution in [2.45, 2.75) is 44.6 Å². The molecule has 124 valence electrons. The van der Waals surface area contributed by atoms with Gasteiger partial charge in [0, 0.05) is 7.05 Å². The van der Waals surface area contributed by atoms with E-state index in [2.05, 4.69) is 0 Å². The van der Waals surface area contributed by atoms with Crippen molar-refractivity contribution in [2.75, 3.05) is 7.05 Å². The lowest BCUT2D eigenvalue weighted by molar-refractivity contribution is -0.155. The molecule has 2 bridgehead atoms. The Labute approximate surface area is 135 Å². The van der Waals surface area contributed by atoms with Crippen molar-refractivity contribution < 1.29 is 19.1 Å². The van der Waals surface area contributed by atoms with Gasteiger partial charge in [-0.15, -0.1) is 0 Å². The molecule has 3 amide bonds. The average Bonchev–Trinajstić information content (AvgIpc) is 3.22. The number of allylic oxidation sites excluding steroid dienone is 2. The van der Waals surface area contributed by atoms with Crippen LogP contribution in [-0.4, -0.2) is 41.1 Å². The number of hydrogen-bond donors (Lipinski definition) is 0. The maximum absolute atomic E-state index is 12.6. The Hall–Kier alpha value is -1.85. The quantitative estimate of drug-likeness (QED) is 0.578. The molecule has 0 aromatic rings. The van der Waals surface area contributed by atoms with E-state index < -0.39 is 6.09 Å². The number of nitrogens with zero attached hydrogens (tertiary/aromatic N) is 2. The summed E-state index contributed by atoms with van der Waals surface area (Å²) in [4.78, 5) is 37.6. The Morgan fingerprint density at radius 1 is 1.09 bits per heavy atom. The molecule has 0 N–H and O–H groups in total. The molecule has 4 aliphatic rings. The van der Waals surface area contributed by atoms with Crippen LogP contribution in [0.3, 0.4) is 0 Å². The van der Waals surface area contributed by atoms with Gasteiger partial charge in [0.05, 0.1) is 11.8 Å². The Morgan fingerprint density at radius 3 is 2.22 bits per heavy atom. The molecule has 1 aliphatic heterocycles. The number of rotatable bonds is 2. The molecule has 3 fully saturated rings. The first kappa shape index (κ1) is 14.7. The van der Waals surface area contributed by atoms with Gasteiger partial charge in [0.1, 0.15) is 6.10 Å². The van der Waals surface area contributed by atoms with E-state index in [1.54, 1.807) is 0 Å². The van der Waals surface area contributed by atoms with E-state index >= 15 is 0 Å². The number of hydrazine groups is 1. The maximum atomic E-state index is 12.6. The standard InChI is InChI=1S/C17H22N2O4/c1-18(17(22)23-12-5-3-2-4-6-12)19-15(20)13-10-7-8-11(9-10)14(13)16(19)21/h7-8,10-14H,2-6,9H2,1H3. The van der Waals surface area contributed by atoms with Crippen LogP contribution < -0.4 is 0 Å². The van der Waals surface area contributed by atoms with Crippen molar-refractivity contribution in [2.24, 2.45) is 23.7 Å². The predicted molar refractivity (Wildman–Crippen MR) is 80.7 cm³/mol. The Bertz CT molecular complexity index is 551. The number of carbonyl (C=O) groups is 3.